The Morgan fingerprint density at radius 1 is 0.486 bits per heavy atom. The van der Waals surface area contributed by atoms with Gasteiger partial charge < -0.3 is 19.8 Å². The number of phosphoric ester groups is 1. The van der Waals surface area contributed by atoms with Crippen LogP contribution in [0.3, 0.4) is 0 Å². The molecule has 0 rings (SSSR count). The van der Waals surface area contributed by atoms with E-state index in [1.807, 2.05) is 27.2 Å². The number of carbonyl (C=O) groups excluding carboxylic acids is 1. The van der Waals surface area contributed by atoms with E-state index in [9.17, 15) is 19.4 Å². The fourth-order valence-electron chi connectivity index (χ4n) is 8.52. The largest absolute Gasteiger partial charge is 0.472 e. The third-order valence-corrected chi connectivity index (χ3v) is 14.2. The third kappa shape index (κ3) is 54.0. The summed E-state index contributed by atoms with van der Waals surface area (Å²) in [6.07, 6.45) is 70.4. The lowest BCUT2D eigenvalue weighted by molar-refractivity contribution is -0.870. The molecule has 8 nitrogen and oxygen atoms in total. The molecule has 0 aromatic carbocycles. The van der Waals surface area contributed by atoms with Gasteiger partial charge in [0.25, 0.3) is 0 Å². The second-order valence-electron chi connectivity index (χ2n) is 21.3. The molecular weight excluding hydrogens is 888 g/mol. The van der Waals surface area contributed by atoms with Crippen molar-refractivity contribution < 1.29 is 32.9 Å². The Morgan fingerprint density at radius 2 is 0.829 bits per heavy atom. The average molecular weight is 1000 g/mol. The van der Waals surface area contributed by atoms with Crippen molar-refractivity contribution in [2.24, 2.45) is 0 Å². The molecule has 0 aliphatic heterocycles. The number of rotatable bonds is 54. The second kappa shape index (κ2) is 52.1. The molecule has 1 amide bonds. The fraction of sp³-hybridized carbons (Fsp3) is 0.820. The van der Waals surface area contributed by atoms with Crippen molar-refractivity contribution in [2.75, 3.05) is 40.9 Å². The van der Waals surface area contributed by atoms with Gasteiger partial charge in [0.05, 0.1) is 39.9 Å². The molecular formula is C61H116N2O6P+. The highest BCUT2D eigenvalue weighted by Crippen LogP contribution is 2.43. The predicted molar refractivity (Wildman–Crippen MR) is 304 cm³/mol. The fourth-order valence-corrected chi connectivity index (χ4v) is 9.25. The first-order chi connectivity index (χ1) is 34.0. The van der Waals surface area contributed by atoms with E-state index in [2.05, 4.69) is 67.8 Å². The van der Waals surface area contributed by atoms with Crippen molar-refractivity contribution >= 4 is 13.7 Å². The molecule has 3 atom stereocenters. The van der Waals surface area contributed by atoms with Gasteiger partial charge in [0.2, 0.25) is 5.91 Å². The number of carbonyl (C=O) groups is 1. The first-order valence-electron chi connectivity index (χ1n) is 29.7. The van der Waals surface area contributed by atoms with E-state index in [0.29, 0.717) is 17.4 Å². The van der Waals surface area contributed by atoms with Gasteiger partial charge in [0.1, 0.15) is 13.2 Å². The zero-order valence-corrected chi connectivity index (χ0v) is 47.7. The second-order valence-corrected chi connectivity index (χ2v) is 22.8. The number of quaternary nitrogens is 1. The minimum absolute atomic E-state index is 0.0517. The van der Waals surface area contributed by atoms with Crippen molar-refractivity contribution in [3.05, 3.63) is 60.8 Å². The van der Waals surface area contributed by atoms with Crippen molar-refractivity contribution in [1.29, 1.82) is 0 Å². The van der Waals surface area contributed by atoms with Gasteiger partial charge in [-0.3, -0.25) is 13.8 Å². The smallest absolute Gasteiger partial charge is 0.387 e. The summed E-state index contributed by atoms with van der Waals surface area (Å²) in [4.78, 5) is 23.3. The maximum absolute atomic E-state index is 13.0. The molecule has 0 bridgehead atoms. The monoisotopic (exact) mass is 1000 g/mol. The summed E-state index contributed by atoms with van der Waals surface area (Å²) >= 11 is 0. The Morgan fingerprint density at radius 3 is 1.23 bits per heavy atom. The van der Waals surface area contributed by atoms with Gasteiger partial charge in [0.15, 0.2) is 0 Å². The summed E-state index contributed by atoms with van der Waals surface area (Å²) in [5.74, 6) is -0.192. The average Bonchev–Trinajstić information content (AvgIpc) is 3.32. The lowest BCUT2D eigenvalue weighted by Gasteiger charge is -2.25. The molecule has 0 aliphatic rings. The Hall–Kier alpha value is -1.80. The van der Waals surface area contributed by atoms with Crippen LogP contribution in [-0.4, -0.2) is 73.4 Å². The van der Waals surface area contributed by atoms with Gasteiger partial charge >= 0.3 is 7.82 Å². The van der Waals surface area contributed by atoms with Crippen LogP contribution in [0.1, 0.15) is 271 Å². The number of phosphoric acid groups is 1. The van der Waals surface area contributed by atoms with Crippen LogP contribution < -0.4 is 5.32 Å². The molecule has 70 heavy (non-hydrogen) atoms. The van der Waals surface area contributed by atoms with E-state index in [1.54, 1.807) is 6.08 Å². The summed E-state index contributed by atoms with van der Waals surface area (Å²) in [6.45, 7) is 4.80. The normalized spacial score (nSPS) is 14.3. The van der Waals surface area contributed by atoms with E-state index >= 15 is 0 Å². The zero-order valence-electron chi connectivity index (χ0n) is 46.8. The topological polar surface area (TPSA) is 105 Å². The van der Waals surface area contributed by atoms with Gasteiger partial charge in [-0.15, -0.1) is 0 Å². The Labute approximate surface area is 434 Å². The highest BCUT2D eigenvalue weighted by molar-refractivity contribution is 7.47. The van der Waals surface area contributed by atoms with E-state index < -0.39 is 20.0 Å². The number of unbranched alkanes of at least 4 members (excludes halogenated alkanes) is 33. The van der Waals surface area contributed by atoms with Gasteiger partial charge in [-0.1, -0.05) is 248 Å². The van der Waals surface area contributed by atoms with Crippen LogP contribution in [0.2, 0.25) is 0 Å². The van der Waals surface area contributed by atoms with Gasteiger partial charge in [-0.05, 0) is 77.0 Å². The number of nitrogens with one attached hydrogen (secondary N) is 1. The maximum Gasteiger partial charge on any atom is 0.472 e. The van der Waals surface area contributed by atoms with Crippen molar-refractivity contribution in [2.45, 2.75) is 283 Å². The number of likely N-dealkylation sites (N-methyl/N-ethyl adjacent to an activating group) is 1. The predicted octanol–water partition coefficient (Wildman–Crippen LogP) is 18.1. The van der Waals surface area contributed by atoms with Crippen molar-refractivity contribution in [1.82, 2.24) is 5.32 Å². The molecule has 3 N–H and O–H groups in total. The molecule has 0 radical (unpaired) electrons. The van der Waals surface area contributed by atoms with Gasteiger partial charge in [-0.2, -0.15) is 0 Å². The molecule has 0 saturated heterocycles. The highest BCUT2D eigenvalue weighted by atomic mass is 31.2. The van der Waals surface area contributed by atoms with Crippen molar-refractivity contribution in [3.8, 4) is 0 Å². The SMILES string of the molecule is CCCCCCC/C=C\C/C=C\CCCCCCCCCCCCCC(=O)NC(COP(=O)(O)OCC[N+](C)(C)C)C(O)/C=C/CC/C=C/CC/C=C/CCCCCCCCCCCCCCCCC. The molecule has 0 spiro atoms. The van der Waals surface area contributed by atoms with Crippen LogP contribution in [0, 0.1) is 0 Å². The molecule has 0 aromatic rings. The van der Waals surface area contributed by atoms with Crippen LogP contribution in [0.4, 0.5) is 0 Å². The third-order valence-electron chi connectivity index (χ3n) is 13.2. The molecule has 0 saturated carbocycles. The summed E-state index contributed by atoms with van der Waals surface area (Å²) in [5.41, 5.74) is 0. The van der Waals surface area contributed by atoms with Crippen LogP contribution in [-0.2, 0) is 18.4 Å². The zero-order chi connectivity index (χ0) is 51.3. The number of aliphatic hydroxyl groups is 1. The molecule has 0 aromatic heterocycles. The molecule has 9 heteroatoms. The lowest BCUT2D eigenvalue weighted by Crippen LogP contribution is -2.45. The number of hydrogen-bond acceptors (Lipinski definition) is 5. The Bertz CT molecular complexity index is 1320. The number of aliphatic hydroxyl groups excluding tert-OH is 1. The molecule has 410 valence electrons. The van der Waals surface area contributed by atoms with Gasteiger partial charge in [-0.25, -0.2) is 4.57 Å². The Kier molecular flexibility index (Phi) is 50.7. The quantitative estimate of drug-likeness (QED) is 0.0243. The number of hydrogen-bond donors (Lipinski definition) is 3. The number of allylic oxidation sites excluding steroid dienone is 9. The summed E-state index contributed by atoms with van der Waals surface area (Å²) in [6, 6.07) is -0.874. The summed E-state index contributed by atoms with van der Waals surface area (Å²) in [5, 5.41) is 13.9. The Balaban J connectivity index is 4.28. The van der Waals surface area contributed by atoms with Crippen molar-refractivity contribution in [3.63, 3.8) is 0 Å². The first-order valence-corrected chi connectivity index (χ1v) is 31.2. The highest BCUT2D eigenvalue weighted by Gasteiger charge is 2.27. The van der Waals surface area contributed by atoms with Crippen LogP contribution in [0.15, 0.2) is 60.8 Å². The van der Waals surface area contributed by atoms with E-state index in [-0.39, 0.29) is 19.1 Å². The lowest BCUT2D eigenvalue weighted by atomic mass is 10.0. The molecule has 0 heterocycles. The summed E-state index contributed by atoms with van der Waals surface area (Å²) < 4.78 is 23.7. The van der Waals surface area contributed by atoms with Gasteiger partial charge in [0, 0.05) is 6.42 Å². The van der Waals surface area contributed by atoms with Crippen LogP contribution in [0.25, 0.3) is 0 Å². The van der Waals surface area contributed by atoms with E-state index in [4.69, 9.17) is 9.05 Å². The molecule has 0 fully saturated rings. The first kappa shape index (κ1) is 68.2. The summed E-state index contributed by atoms with van der Waals surface area (Å²) in [7, 11) is 1.55. The molecule has 0 aliphatic carbocycles. The van der Waals surface area contributed by atoms with E-state index in [0.717, 1.165) is 51.4 Å². The molecule has 3 unspecified atom stereocenters. The number of nitrogens with zero attached hydrogens (tertiary/aromatic N) is 1. The number of amides is 1. The minimum atomic E-state index is -4.36. The minimum Gasteiger partial charge on any atom is -0.387 e. The maximum atomic E-state index is 13.0. The standard InChI is InChI=1S/C61H115N2O6P/c1-6-8-10-12-14-16-18-20-22-24-26-28-30-31-33-34-36-38-40-42-44-46-48-50-52-54-60(64)59(58-69-70(66,67)68-57-56-63(3,4)5)62-61(65)55-53-51-49-47-45-43-41-39-37-35-32-29-27-25-23-21-19-17-15-13-11-9-7-2/h19,21,25,27,36,38,44,46,52,54,59-60,64H,6-18,20,22-24,26,28-35,37,39-43,45,47-51,53,55-58H2,1-5H3,(H-,62,65,66,67)/p+1/b21-19-,27-25-,38-36+,46-44+,54-52+. The van der Waals surface area contributed by atoms with Crippen LogP contribution >= 0.6 is 7.82 Å². The van der Waals surface area contributed by atoms with Crippen LogP contribution in [0.5, 0.6) is 0 Å². The van der Waals surface area contributed by atoms with E-state index in [1.165, 1.54) is 199 Å².